The van der Waals surface area contributed by atoms with Crippen molar-refractivity contribution >= 4 is 41.5 Å². The van der Waals surface area contributed by atoms with Gasteiger partial charge < -0.3 is 10.5 Å². The van der Waals surface area contributed by atoms with Gasteiger partial charge in [0.2, 0.25) is 0 Å². The van der Waals surface area contributed by atoms with E-state index in [4.69, 9.17) is 10.5 Å². The molecule has 0 saturated heterocycles. The van der Waals surface area contributed by atoms with E-state index in [1.807, 2.05) is 94.4 Å². The van der Waals surface area contributed by atoms with Gasteiger partial charge in [-0.3, -0.25) is 9.97 Å². The number of hydroxylamine groups is 1. The molecule has 0 spiro atoms. The second-order valence-corrected chi connectivity index (χ2v) is 16.7. The maximum Gasteiger partial charge on any atom is 0.156 e. The molecule has 4 aromatic rings. The van der Waals surface area contributed by atoms with Gasteiger partial charge in [-0.1, -0.05) is 64.1 Å². The number of benzene rings is 2. The van der Waals surface area contributed by atoms with Gasteiger partial charge in [-0.2, -0.15) is 5.26 Å². The summed E-state index contributed by atoms with van der Waals surface area (Å²) in [6.45, 7) is 8.22. The van der Waals surface area contributed by atoms with Gasteiger partial charge in [0.25, 0.3) is 0 Å². The normalized spacial score (nSPS) is 13.3. The molecule has 3 N–H and O–H groups in total. The largest absolute Gasteiger partial charge is 0.317 e. The topological polar surface area (TPSA) is 162 Å². The first-order chi connectivity index (χ1) is 21.8. The molecule has 10 nitrogen and oxygen atoms in total. The zero-order valence-electron chi connectivity index (χ0n) is 26.9. The fourth-order valence-electron chi connectivity index (χ4n) is 5.33. The molecule has 0 amide bonds. The Morgan fingerprint density at radius 2 is 1.17 bits per heavy atom. The highest BCUT2D eigenvalue weighted by molar-refractivity contribution is 7.90. The number of rotatable bonds is 15. The SMILES string of the molecule is CC(C)C[C@@H](CS(=O)(=O)Cc1cnc2ccccc2c1)NCC#N.CC(C)C[C@@H](CS(=O)(=O)Cc1cnc2ccccc2c1)NO. The number of nitrogens with zero attached hydrogens (tertiary/aromatic N) is 3. The van der Waals surface area contributed by atoms with Crippen LogP contribution < -0.4 is 10.8 Å². The maximum absolute atomic E-state index is 12.5. The Balaban J connectivity index is 0.000000251. The molecule has 4 rings (SSSR count). The van der Waals surface area contributed by atoms with Crippen LogP contribution >= 0.6 is 0 Å². The van der Waals surface area contributed by atoms with Crippen molar-refractivity contribution in [3.8, 4) is 6.07 Å². The minimum absolute atomic E-state index is 0.0275. The molecular weight excluding hydrogens is 623 g/mol. The molecule has 0 aliphatic rings. The highest BCUT2D eigenvalue weighted by Gasteiger charge is 2.22. The first kappa shape index (κ1) is 37.0. The Morgan fingerprint density at radius 3 is 1.61 bits per heavy atom. The fraction of sp³-hybridized carbons (Fsp3) is 0.441. The Labute approximate surface area is 273 Å². The number of sulfone groups is 2. The number of nitriles is 1. The van der Waals surface area contributed by atoms with Crippen LogP contribution in [-0.2, 0) is 31.2 Å². The molecule has 0 radical (unpaired) electrons. The third-order valence-corrected chi connectivity index (χ3v) is 10.5. The van der Waals surface area contributed by atoms with Gasteiger partial charge in [-0.25, -0.2) is 22.3 Å². The Hall–Kier alpha value is -3.47. The van der Waals surface area contributed by atoms with Crippen molar-refractivity contribution in [2.45, 2.75) is 64.1 Å². The molecule has 2 aromatic heterocycles. The number of pyridine rings is 2. The molecule has 0 fully saturated rings. The van der Waals surface area contributed by atoms with Crippen molar-refractivity contribution in [3.63, 3.8) is 0 Å². The predicted octanol–water partition coefficient (Wildman–Crippen LogP) is 5.22. The van der Waals surface area contributed by atoms with E-state index in [9.17, 15) is 16.8 Å². The summed E-state index contributed by atoms with van der Waals surface area (Å²) in [6, 6.07) is 20.3. The summed E-state index contributed by atoms with van der Waals surface area (Å²) in [5, 5.41) is 22.7. The Bertz CT molecular complexity index is 1820. The van der Waals surface area contributed by atoms with E-state index in [2.05, 4.69) is 20.8 Å². The zero-order chi connectivity index (χ0) is 33.7. The molecule has 0 aliphatic carbocycles. The average Bonchev–Trinajstić information content (AvgIpc) is 2.98. The minimum Gasteiger partial charge on any atom is -0.317 e. The second kappa shape index (κ2) is 17.4. The van der Waals surface area contributed by atoms with Gasteiger partial charge >= 0.3 is 0 Å². The summed E-state index contributed by atoms with van der Waals surface area (Å²) in [7, 11) is -6.61. The van der Waals surface area contributed by atoms with Crippen LogP contribution in [0.25, 0.3) is 21.8 Å². The van der Waals surface area contributed by atoms with E-state index in [1.165, 1.54) is 0 Å². The molecule has 12 heteroatoms. The predicted molar refractivity (Wildman–Crippen MR) is 183 cm³/mol. The van der Waals surface area contributed by atoms with Crippen LogP contribution in [0.2, 0.25) is 0 Å². The van der Waals surface area contributed by atoms with E-state index in [-0.39, 0.29) is 35.6 Å². The second-order valence-electron chi connectivity index (χ2n) is 12.5. The van der Waals surface area contributed by atoms with Crippen LogP contribution in [0.4, 0.5) is 0 Å². The first-order valence-electron chi connectivity index (χ1n) is 15.4. The lowest BCUT2D eigenvalue weighted by Crippen LogP contribution is -2.37. The lowest BCUT2D eigenvalue weighted by molar-refractivity contribution is 0.124. The number of hydrogen-bond donors (Lipinski definition) is 3. The van der Waals surface area contributed by atoms with Crippen molar-refractivity contribution in [2.24, 2.45) is 11.8 Å². The fourth-order valence-corrected chi connectivity index (χ4v) is 8.58. The molecule has 0 bridgehead atoms. The number of aromatic nitrogens is 2. The quantitative estimate of drug-likeness (QED) is 0.113. The van der Waals surface area contributed by atoms with Gasteiger partial charge in [0.1, 0.15) is 0 Å². The molecular formula is C34H45N5O5S2. The number of hydrogen-bond acceptors (Lipinski definition) is 10. The van der Waals surface area contributed by atoms with Gasteiger partial charge in [-0.15, -0.1) is 0 Å². The van der Waals surface area contributed by atoms with Crippen LogP contribution in [0.1, 0.15) is 51.7 Å². The molecule has 0 aliphatic heterocycles. The Morgan fingerprint density at radius 1 is 0.739 bits per heavy atom. The standard InChI is InChI=1S/C18H23N3O2S.C16H22N2O3S/c1-14(2)9-17(20-8-7-19)13-24(22,23)12-15-10-16-5-3-4-6-18(16)21-11-15;1-12(2)7-15(18-19)11-22(20,21)10-13-8-14-5-3-4-6-16(14)17-9-13/h3-6,10-11,14,17,20H,8-9,12-13H2,1-2H3;3-6,8-9,12,15,18-19H,7,10-11H2,1-2H3/t17-;15-/m00/s1. The summed E-state index contributed by atoms with van der Waals surface area (Å²) < 4.78 is 49.7. The molecule has 0 unspecified atom stereocenters. The minimum atomic E-state index is -3.32. The third kappa shape index (κ3) is 12.7. The van der Waals surface area contributed by atoms with Crippen LogP contribution in [0, 0.1) is 23.2 Å². The third-order valence-electron chi connectivity index (χ3n) is 7.14. The maximum atomic E-state index is 12.5. The highest BCUT2D eigenvalue weighted by atomic mass is 32.2. The van der Waals surface area contributed by atoms with E-state index in [0.717, 1.165) is 28.2 Å². The highest BCUT2D eigenvalue weighted by Crippen LogP contribution is 2.18. The molecule has 2 heterocycles. The van der Waals surface area contributed by atoms with Crippen molar-refractivity contribution < 1.29 is 22.0 Å². The van der Waals surface area contributed by atoms with Gasteiger partial charge in [0, 0.05) is 35.2 Å². The molecule has 248 valence electrons. The summed E-state index contributed by atoms with van der Waals surface area (Å²) in [5.74, 6) is 0.504. The first-order valence-corrected chi connectivity index (χ1v) is 19.0. The van der Waals surface area contributed by atoms with E-state index < -0.39 is 25.7 Å². The monoisotopic (exact) mass is 667 g/mol. The molecule has 2 atom stereocenters. The van der Waals surface area contributed by atoms with Gasteiger partial charge in [0.05, 0.1) is 46.7 Å². The Kier molecular flexibility index (Phi) is 14.0. The lowest BCUT2D eigenvalue weighted by Gasteiger charge is -2.19. The molecule has 46 heavy (non-hydrogen) atoms. The lowest BCUT2D eigenvalue weighted by atomic mass is 10.1. The summed E-state index contributed by atoms with van der Waals surface area (Å²) >= 11 is 0. The molecule has 0 saturated carbocycles. The van der Waals surface area contributed by atoms with Gasteiger partial charge in [0.15, 0.2) is 19.7 Å². The number of fused-ring (bicyclic) bond motifs is 2. The van der Waals surface area contributed by atoms with Crippen LogP contribution in [0.3, 0.4) is 0 Å². The summed E-state index contributed by atoms with van der Waals surface area (Å²) in [4.78, 5) is 8.60. The van der Waals surface area contributed by atoms with Crippen molar-refractivity contribution in [1.29, 1.82) is 5.26 Å². The molecule has 2 aromatic carbocycles. The van der Waals surface area contributed by atoms with E-state index in [1.54, 1.807) is 12.4 Å². The number of nitrogens with one attached hydrogen (secondary N) is 2. The van der Waals surface area contributed by atoms with Crippen molar-refractivity contribution in [2.75, 3.05) is 18.1 Å². The van der Waals surface area contributed by atoms with E-state index >= 15 is 0 Å². The summed E-state index contributed by atoms with van der Waals surface area (Å²) in [6.07, 6.45) is 4.55. The van der Waals surface area contributed by atoms with Crippen LogP contribution in [0.5, 0.6) is 0 Å². The van der Waals surface area contributed by atoms with E-state index in [0.29, 0.717) is 29.4 Å². The van der Waals surface area contributed by atoms with Crippen LogP contribution in [0.15, 0.2) is 73.1 Å². The van der Waals surface area contributed by atoms with Gasteiger partial charge in [-0.05, 0) is 60.1 Å². The number of para-hydroxylation sites is 2. The van der Waals surface area contributed by atoms with Crippen LogP contribution in [-0.4, -0.2) is 62.1 Å². The van der Waals surface area contributed by atoms with Crippen molar-refractivity contribution in [1.82, 2.24) is 20.8 Å². The smallest absolute Gasteiger partial charge is 0.156 e. The average molecular weight is 668 g/mol. The summed E-state index contributed by atoms with van der Waals surface area (Å²) in [5.41, 5.74) is 5.17. The zero-order valence-corrected chi connectivity index (χ0v) is 28.6. The van der Waals surface area contributed by atoms with Crippen molar-refractivity contribution in [3.05, 3.63) is 84.2 Å².